The van der Waals surface area contributed by atoms with Crippen LogP contribution in [0.4, 0.5) is 4.79 Å². The number of hydrogen-bond donors (Lipinski definition) is 4. The Hall–Kier alpha value is -4.08. The summed E-state index contributed by atoms with van der Waals surface area (Å²) in [4.78, 5) is 24.1. The first-order chi connectivity index (χ1) is 17.3. The van der Waals surface area contributed by atoms with Crippen LogP contribution in [0.15, 0.2) is 60.7 Å². The lowest BCUT2D eigenvalue weighted by Gasteiger charge is -2.22. The molecule has 4 rings (SSSR count). The summed E-state index contributed by atoms with van der Waals surface area (Å²) in [7, 11) is 2.72. The first kappa shape index (κ1) is 25.0. The van der Waals surface area contributed by atoms with Gasteiger partial charge in [0.2, 0.25) is 0 Å². The van der Waals surface area contributed by atoms with E-state index in [1.807, 2.05) is 48.5 Å². The molecule has 9 heteroatoms. The van der Waals surface area contributed by atoms with E-state index >= 15 is 0 Å². The summed E-state index contributed by atoms with van der Waals surface area (Å²) >= 11 is 0. The van der Waals surface area contributed by atoms with E-state index in [2.05, 4.69) is 5.32 Å². The van der Waals surface area contributed by atoms with Crippen molar-refractivity contribution < 1.29 is 39.1 Å². The van der Waals surface area contributed by atoms with Gasteiger partial charge in [0, 0.05) is 18.0 Å². The average molecular weight is 494 g/mol. The van der Waals surface area contributed by atoms with E-state index in [-0.39, 0.29) is 41.7 Å². The van der Waals surface area contributed by atoms with Gasteiger partial charge in [-0.15, -0.1) is 0 Å². The van der Waals surface area contributed by atoms with Gasteiger partial charge in [0.05, 0.1) is 19.8 Å². The Morgan fingerprint density at radius 3 is 2.03 bits per heavy atom. The second kappa shape index (κ2) is 10.7. The lowest BCUT2D eigenvalue weighted by molar-refractivity contribution is 0.0174. The summed E-state index contributed by atoms with van der Waals surface area (Å²) in [6.45, 7) is -0.275. The van der Waals surface area contributed by atoms with Crippen molar-refractivity contribution in [2.24, 2.45) is 0 Å². The Balaban J connectivity index is 1.40. The van der Waals surface area contributed by atoms with E-state index < -0.39 is 24.3 Å². The molecule has 0 saturated carbocycles. The number of carbonyl (C=O) groups is 2. The number of aromatic carboxylic acids is 1. The number of benzene rings is 3. The highest BCUT2D eigenvalue weighted by Gasteiger charge is 2.30. The number of carbonyl (C=O) groups excluding carboxylic acids is 1. The molecule has 3 aromatic carbocycles. The van der Waals surface area contributed by atoms with Gasteiger partial charge in [-0.05, 0) is 34.4 Å². The number of alkyl carbamates (subject to hydrolysis) is 1. The maximum absolute atomic E-state index is 12.4. The highest BCUT2D eigenvalue weighted by molar-refractivity contribution is 5.90. The van der Waals surface area contributed by atoms with E-state index in [0.717, 1.165) is 22.3 Å². The van der Waals surface area contributed by atoms with Crippen molar-refractivity contribution in [2.75, 3.05) is 27.4 Å². The summed E-state index contributed by atoms with van der Waals surface area (Å²) in [5.74, 6) is -1.09. The molecule has 0 spiro atoms. The largest absolute Gasteiger partial charge is 0.493 e. The van der Waals surface area contributed by atoms with E-state index in [1.54, 1.807) is 0 Å². The molecule has 0 fully saturated rings. The molecule has 9 nitrogen and oxygen atoms in total. The van der Waals surface area contributed by atoms with E-state index in [9.17, 15) is 24.9 Å². The molecule has 0 saturated heterocycles. The van der Waals surface area contributed by atoms with Gasteiger partial charge in [0.25, 0.3) is 0 Å². The molecule has 1 aliphatic carbocycles. The van der Waals surface area contributed by atoms with Crippen LogP contribution in [0.2, 0.25) is 0 Å². The molecule has 3 aromatic rings. The number of carboxylic acids is 1. The first-order valence-corrected chi connectivity index (χ1v) is 11.3. The summed E-state index contributed by atoms with van der Waals surface area (Å²) < 4.78 is 15.7. The van der Waals surface area contributed by atoms with E-state index in [0.29, 0.717) is 0 Å². The number of methoxy groups -OCH3 is 2. The van der Waals surface area contributed by atoms with Crippen molar-refractivity contribution in [1.82, 2.24) is 5.32 Å². The molecule has 36 heavy (non-hydrogen) atoms. The number of carboxylic acid groups (broad SMARTS) is 1. The fourth-order valence-corrected chi connectivity index (χ4v) is 4.48. The topological polar surface area (TPSA) is 135 Å². The minimum atomic E-state index is -1.62. The van der Waals surface area contributed by atoms with Crippen molar-refractivity contribution in [3.05, 3.63) is 82.9 Å². The van der Waals surface area contributed by atoms with Crippen LogP contribution in [0.1, 0.15) is 39.1 Å². The summed E-state index contributed by atoms with van der Waals surface area (Å²) in [5, 5.41) is 33.1. The maximum atomic E-state index is 12.4. The maximum Gasteiger partial charge on any atom is 0.407 e. The van der Waals surface area contributed by atoms with Gasteiger partial charge < -0.3 is 34.8 Å². The Morgan fingerprint density at radius 1 is 0.917 bits per heavy atom. The number of aliphatic hydroxyl groups is 2. The first-order valence-electron chi connectivity index (χ1n) is 11.3. The van der Waals surface area contributed by atoms with E-state index in [4.69, 9.17) is 14.2 Å². The van der Waals surface area contributed by atoms with Gasteiger partial charge in [0.1, 0.15) is 18.8 Å². The molecule has 2 atom stereocenters. The summed E-state index contributed by atoms with van der Waals surface area (Å²) in [6, 6.07) is 18.4. The third kappa shape index (κ3) is 4.84. The SMILES string of the molecule is COc1cc(C(=O)O)c(C(O)C(O)CNC(=O)OCC2c3ccccc3-c3ccccc32)cc1OC. The van der Waals surface area contributed by atoms with Crippen LogP contribution in [-0.4, -0.2) is 60.9 Å². The number of rotatable bonds is 9. The minimum absolute atomic E-state index is 0.0815. The van der Waals surface area contributed by atoms with Crippen LogP contribution < -0.4 is 14.8 Å². The summed E-state index contributed by atoms with van der Waals surface area (Å²) in [6.07, 6.45) is -3.90. The monoisotopic (exact) mass is 493 g/mol. The number of hydrogen-bond acceptors (Lipinski definition) is 7. The highest BCUT2D eigenvalue weighted by Crippen LogP contribution is 2.44. The normalized spacial score (nSPS) is 13.8. The number of amides is 1. The lowest BCUT2D eigenvalue weighted by Crippen LogP contribution is -2.36. The number of fused-ring (bicyclic) bond motifs is 3. The Bertz CT molecular complexity index is 1230. The third-order valence-corrected chi connectivity index (χ3v) is 6.27. The third-order valence-electron chi connectivity index (χ3n) is 6.27. The highest BCUT2D eigenvalue weighted by atomic mass is 16.5. The lowest BCUT2D eigenvalue weighted by atomic mass is 9.97. The molecular formula is C27H27NO8. The molecule has 0 aromatic heterocycles. The zero-order valence-electron chi connectivity index (χ0n) is 19.8. The van der Waals surface area contributed by atoms with Crippen molar-refractivity contribution in [2.45, 2.75) is 18.1 Å². The average Bonchev–Trinajstić information content (AvgIpc) is 3.22. The Morgan fingerprint density at radius 2 is 1.47 bits per heavy atom. The molecule has 1 amide bonds. The second-order valence-electron chi connectivity index (χ2n) is 8.32. The van der Waals surface area contributed by atoms with Crippen LogP contribution >= 0.6 is 0 Å². The quantitative estimate of drug-likeness (QED) is 0.357. The zero-order valence-corrected chi connectivity index (χ0v) is 19.8. The summed E-state index contributed by atoms with van der Waals surface area (Å²) in [5.41, 5.74) is 3.99. The Labute approximate surface area is 207 Å². The van der Waals surface area contributed by atoms with Gasteiger partial charge in [-0.1, -0.05) is 48.5 Å². The van der Waals surface area contributed by atoms with E-state index in [1.165, 1.54) is 26.4 Å². The fraction of sp³-hybridized carbons (Fsp3) is 0.259. The van der Waals surface area contributed by atoms with Crippen LogP contribution in [0.3, 0.4) is 0 Å². The predicted molar refractivity (Wildman–Crippen MR) is 131 cm³/mol. The Kier molecular flexibility index (Phi) is 7.42. The van der Waals surface area contributed by atoms with Crippen molar-refractivity contribution in [1.29, 1.82) is 0 Å². The molecule has 188 valence electrons. The van der Waals surface area contributed by atoms with Gasteiger partial charge in [-0.2, -0.15) is 0 Å². The van der Waals surface area contributed by atoms with Crippen LogP contribution in [0, 0.1) is 0 Å². The fourth-order valence-electron chi connectivity index (χ4n) is 4.48. The smallest absolute Gasteiger partial charge is 0.407 e. The molecule has 2 unspecified atom stereocenters. The number of ether oxygens (including phenoxy) is 3. The van der Waals surface area contributed by atoms with Gasteiger partial charge in [0.15, 0.2) is 11.5 Å². The van der Waals surface area contributed by atoms with Gasteiger partial charge >= 0.3 is 12.1 Å². The molecule has 4 N–H and O–H groups in total. The van der Waals surface area contributed by atoms with Crippen LogP contribution in [0.25, 0.3) is 11.1 Å². The van der Waals surface area contributed by atoms with Crippen molar-refractivity contribution >= 4 is 12.1 Å². The molecular weight excluding hydrogens is 466 g/mol. The van der Waals surface area contributed by atoms with Crippen LogP contribution in [0.5, 0.6) is 11.5 Å². The van der Waals surface area contributed by atoms with Gasteiger partial charge in [-0.3, -0.25) is 0 Å². The molecule has 0 aliphatic heterocycles. The molecule has 0 bridgehead atoms. The van der Waals surface area contributed by atoms with Crippen LogP contribution in [-0.2, 0) is 4.74 Å². The van der Waals surface area contributed by atoms with Gasteiger partial charge in [-0.25, -0.2) is 9.59 Å². The molecule has 0 radical (unpaired) electrons. The zero-order chi connectivity index (χ0) is 25.8. The second-order valence-corrected chi connectivity index (χ2v) is 8.32. The standard InChI is InChI=1S/C27H27NO8/c1-34-23-11-19(20(26(31)32)12-24(23)35-2)25(30)22(29)13-28-27(33)36-14-21-17-9-5-3-7-15(17)16-8-4-6-10-18(16)21/h3-12,21-22,25,29-30H,13-14H2,1-2H3,(H,28,33)(H,31,32). The molecule has 0 heterocycles. The predicted octanol–water partition coefficient (Wildman–Crippen LogP) is 3.34. The van der Waals surface area contributed by atoms with Crippen molar-refractivity contribution in [3.8, 4) is 22.6 Å². The van der Waals surface area contributed by atoms with Crippen molar-refractivity contribution in [3.63, 3.8) is 0 Å². The molecule has 1 aliphatic rings. The number of aliphatic hydroxyl groups excluding tert-OH is 2. The minimum Gasteiger partial charge on any atom is -0.493 e. The number of nitrogens with one attached hydrogen (secondary N) is 1.